The number of alkyl carbamates (subject to hydrolysis) is 1. The van der Waals surface area contributed by atoms with E-state index < -0.39 is 5.60 Å². The van der Waals surface area contributed by atoms with Crippen molar-refractivity contribution in [1.29, 1.82) is 0 Å². The van der Waals surface area contributed by atoms with E-state index in [0.29, 0.717) is 0 Å². The summed E-state index contributed by atoms with van der Waals surface area (Å²) in [5.41, 5.74) is 1.89. The summed E-state index contributed by atoms with van der Waals surface area (Å²) >= 11 is 2.30. The maximum atomic E-state index is 12.0. The lowest BCUT2D eigenvalue weighted by atomic mass is 9.98. The standard InChI is InChI=1S/C16H24INO2/c1-6-7-14(18-15(19)20-16(3,4)5)13-10-12(17)9-8-11(13)2/h8-10,14H,6-7H2,1-5H3,(H,18,19). The Morgan fingerprint density at radius 3 is 2.60 bits per heavy atom. The molecule has 3 nitrogen and oxygen atoms in total. The number of ether oxygens (including phenoxy) is 1. The lowest BCUT2D eigenvalue weighted by Gasteiger charge is -2.24. The third-order valence-corrected chi connectivity index (χ3v) is 3.56. The number of hydrogen-bond acceptors (Lipinski definition) is 2. The number of carbonyl (C=O) groups is 1. The van der Waals surface area contributed by atoms with E-state index in [1.807, 2.05) is 20.8 Å². The van der Waals surface area contributed by atoms with Crippen LogP contribution in [0.4, 0.5) is 4.79 Å². The Kier molecular flexibility index (Phi) is 6.30. The molecule has 1 aromatic carbocycles. The molecule has 1 unspecified atom stereocenters. The molecule has 0 saturated carbocycles. The smallest absolute Gasteiger partial charge is 0.408 e. The number of carbonyl (C=O) groups excluding carboxylic acids is 1. The predicted octanol–water partition coefficient (Wildman–Crippen LogP) is 4.97. The average Bonchev–Trinajstić information content (AvgIpc) is 2.29. The Hall–Kier alpha value is -0.780. The van der Waals surface area contributed by atoms with Gasteiger partial charge in [0, 0.05) is 3.57 Å². The molecule has 20 heavy (non-hydrogen) atoms. The highest BCUT2D eigenvalue weighted by atomic mass is 127. The summed E-state index contributed by atoms with van der Waals surface area (Å²) in [5, 5.41) is 2.99. The number of benzene rings is 1. The van der Waals surface area contributed by atoms with Gasteiger partial charge in [0.05, 0.1) is 6.04 Å². The van der Waals surface area contributed by atoms with Crippen LogP contribution < -0.4 is 5.32 Å². The third kappa shape index (κ3) is 5.69. The molecule has 0 aliphatic heterocycles. The number of hydrogen-bond donors (Lipinski definition) is 1. The van der Waals surface area contributed by atoms with Gasteiger partial charge in [-0.3, -0.25) is 0 Å². The van der Waals surface area contributed by atoms with Crippen LogP contribution in [0, 0.1) is 10.5 Å². The minimum Gasteiger partial charge on any atom is -0.444 e. The van der Waals surface area contributed by atoms with Crippen molar-refractivity contribution in [3.63, 3.8) is 0 Å². The summed E-state index contributed by atoms with van der Waals surface area (Å²) in [6.45, 7) is 9.81. The molecule has 0 aromatic heterocycles. The minimum absolute atomic E-state index is 0.00423. The molecule has 0 radical (unpaired) electrons. The first-order valence-corrected chi connectivity index (χ1v) is 8.06. The van der Waals surface area contributed by atoms with Crippen LogP contribution in [-0.4, -0.2) is 11.7 Å². The van der Waals surface area contributed by atoms with Gasteiger partial charge in [-0.25, -0.2) is 4.79 Å². The average molecular weight is 389 g/mol. The number of halogens is 1. The molecule has 0 aliphatic carbocycles. The maximum Gasteiger partial charge on any atom is 0.408 e. The fourth-order valence-electron chi connectivity index (χ4n) is 2.03. The van der Waals surface area contributed by atoms with E-state index in [0.717, 1.165) is 12.8 Å². The Labute approximate surface area is 135 Å². The van der Waals surface area contributed by atoms with E-state index in [1.165, 1.54) is 14.7 Å². The number of aryl methyl sites for hydroxylation is 1. The van der Waals surface area contributed by atoms with Gasteiger partial charge in [0.1, 0.15) is 5.60 Å². The molecular formula is C16H24INO2. The molecule has 1 aromatic rings. The lowest BCUT2D eigenvalue weighted by Crippen LogP contribution is -2.35. The quantitative estimate of drug-likeness (QED) is 0.739. The number of amides is 1. The van der Waals surface area contributed by atoms with Crippen LogP contribution in [0.15, 0.2) is 18.2 Å². The SMILES string of the molecule is CCCC(NC(=O)OC(C)(C)C)c1cc(I)ccc1C. The third-order valence-electron chi connectivity index (χ3n) is 2.89. The molecule has 0 fully saturated rings. The van der Waals surface area contributed by atoms with E-state index in [-0.39, 0.29) is 12.1 Å². The molecule has 0 spiro atoms. The Balaban J connectivity index is 2.89. The van der Waals surface area contributed by atoms with Crippen molar-refractivity contribution in [1.82, 2.24) is 5.32 Å². The summed E-state index contributed by atoms with van der Waals surface area (Å²) in [6, 6.07) is 6.31. The molecule has 1 atom stereocenters. The fourth-order valence-corrected chi connectivity index (χ4v) is 2.55. The Bertz CT molecular complexity index is 466. The first-order chi connectivity index (χ1) is 9.23. The molecule has 0 aliphatic rings. The van der Waals surface area contributed by atoms with Crippen molar-refractivity contribution in [2.75, 3.05) is 0 Å². The van der Waals surface area contributed by atoms with Crippen molar-refractivity contribution >= 4 is 28.7 Å². The van der Waals surface area contributed by atoms with Crippen LogP contribution in [0.2, 0.25) is 0 Å². The molecular weight excluding hydrogens is 365 g/mol. The van der Waals surface area contributed by atoms with E-state index in [1.54, 1.807) is 0 Å². The molecule has 1 rings (SSSR count). The van der Waals surface area contributed by atoms with Crippen molar-refractivity contribution in [3.8, 4) is 0 Å². The first kappa shape index (κ1) is 17.3. The Morgan fingerprint density at radius 2 is 2.05 bits per heavy atom. The van der Waals surface area contributed by atoms with E-state index in [2.05, 4.69) is 60.0 Å². The van der Waals surface area contributed by atoms with Gasteiger partial charge >= 0.3 is 6.09 Å². The molecule has 1 amide bonds. The molecule has 1 N–H and O–H groups in total. The van der Waals surface area contributed by atoms with Crippen LogP contribution in [0.3, 0.4) is 0 Å². The van der Waals surface area contributed by atoms with Crippen LogP contribution in [0.5, 0.6) is 0 Å². The number of rotatable bonds is 4. The monoisotopic (exact) mass is 389 g/mol. The second-order valence-electron chi connectivity index (χ2n) is 5.99. The summed E-state index contributed by atoms with van der Waals surface area (Å²) in [6.07, 6.45) is 1.56. The van der Waals surface area contributed by atoms with Crippen LogP contribution in [0.1, 0.15) is 57.7 Å². The summed E-state index contributed by atoms with van der Waals surface area (Å²) in [5.74, 6) is 0. The van der Waals surface area contributed by atoms with E-state index >= 15 is 0 Å². The summed E-state index contributed by atoms with van der Waals surface area (Å²) in [4.78, 5) is 12.0. The molecule has 0 saturated heterocycles. The van der Waals surface area contributed by atoms with Gasteiger partial charge in [0.25, 0.3) is 0 Å². The highest BCUT2D eigenvalue weighted by molar-refractivity contribution is 14.1. The van der Waals surface area contributed by atoms with Crippen molar-refractivity contribution < 1.29 is 9.53 Å². The van der Waals surface area contributed by atoms with Crippen molar-refractivity contribution in [3.05, 3.63) is 32.9 Å². The van der Waals surface area contributed by atoms with E-state index in [9.17, 15) is 4.79 Å². The highest BCUT2D eigenvalue weighted by Gasteiger charge is 2.21. The summed E-state index contributed by atoms with van der Waals surface area (Å²) in [7, 11) is 0. The normalized spacial score (nSPS) is 12.9. The second-order valence-corrected chi connectivity index (χ2v) is 7.23. The van der Waals surface area contributed by atoms with Gasteiger partial charge in [0.2, 0.25) is 0 Å². The van der Waals surface area contributed by atoms with Gasteiger partial charge in [-0.1, -0.05) is 19.4 Å². The lowest BCUT2D eigenvalue weighted by molar-refractivity contribution is 0.0500. The van der Waals surface area contributed by atoms with Gasteiger partial charge in [0.15, 0.2) is 0 Å². The summed E-state index contributed by atoms with van der Waals surface area (Å²) < 4.78 is 6.53. The molecule has 0 heterocycles. The zero-order valence-corrected chi connectivity index (χ0v) is 15.1. The molecule has 112 valence electrons. The van der Waals surface area contributed by atoms with Gasteiger partial charge in [-0.15, -0.1) is 0 Å². The van der Waals surface area contributed by atoms with Crippen LogP contribution in [-0.2, 0) is 4.74 Å². The maximum absolute atomic E-state index is 12.0. The largest absolute Gasteiger partial charge is 0.444 e. The minimum atomic E-state index is -0.471. The van der Waals surface area contributed by atoms with E-state index in [4.69, 9.17) is 4.74 Å². The fraction of sp³-hybridized carbons (Fsp3) is 0.562. The van der Waals surface area contributed by atoms with Crippen molar-refractivity contribution in [2.24, 2.45) is 0 Å². The highest BCUT2D eigenvalue weighted by Crippen LogP contribution is 2.24. The van der Waals surface area contributed by atoms with Crippen LogP contribution in [0.25, 0.3) is 0 Å². The van der Waals surface area contributed by atoms with Crippen molar-refractivity contribution in [2.45, 2.75) is 59.1 Å². The first-order valence-electron chi connectivity index (χ1n) is 6.98. The van der Waals surface area contributed by atoms with Crippen LogP contribution >= 0.6 is 22.6 Å². The van der Waals surface area contributed by atoms with Gasteiger partial charge in [-0.2, -0.15) is 0 Å². The van der Waals surface area contributed by atoms with Gasteiger partial charge in [-0.05, 0) is 80.0 Å². The number of nitrogens with one attached hydrogen (secondary N) is 1. The predicted molar refractivity (Wildman–Crippen MR) is 90.9 cm³/mol. The molecule has 0 bridgehead atoms. The topological polar surface area (TPSA) is 38.3 Å². The zero-order chi connectivity index (χ0) is 15.3. The Morgan fingerprint density at radius 1 is 1.40 bits per heavy atom. The van der Waals surface area contributed by atoms with Gasteiger partial charge < -0.3 is 10.1 Å². The second kappa shape index (κ2) is 7.29. The zero-order valence-electron chi connectivity index (χ0n) is 12.9. The molecule has 4 heteroatoms.